The normalized spacial score (nSPS) is 18.0. The molecule has 0 aliphatic carbocycles. The molecule has 21 heavy (non-hydrogen) atoms. The van der Waals surface area contributed by atoms with Crippen LogP contribution in [-0.2, 0) is 0 Å². The quantitative estimate of drug-likeness (QED) is 0.846. The van der Waals surface area contributed by atoms with Crippen molar-refractivity contribution in [1.29, 1.82) is 0 Å². The molecule has 0 bridgehead atoms. The van der Waals surface area contributed by atoms with Crippen LogP contribution in [0.15, 0.2) is 36.7 Å². The number of aromatic nitrogens is 2. The summed E-state index contributed by atoms with van der Waals surface area (Å²) in [5, 5.41) is 0.897. The molecule has 6 heteroatoms. The van der Waals surface area contributed by atoms with E-state index in [1.165, 1.54) is 12.4 Å². The van der Waals surface area contributed by atoms with Crippen LogP contribution in [0.3, 0.4) is 0 Å². The van der Waals surface area contributed by atoms with Gasteiger partial charge in [-0.3, -0.25) is 9.78 Å². The fourth-order valence-corrected chi connectivity index (χ4v) is 3.08. The minimum Gasteiger partial charge on any atom is -0.330 e. The molecule has 2 aromatic rings. The zero-order valence-electron chi connectivity index (χ0n) is 11.2. The SMILES string of the molecule is O=C(c1cncc(Cl)n1)N1CCCC1c1ccccc1Cl. The van der Waals surface area contributed by atoms with Gasteiger partial charge in [-0.1, -0.05) is 41.4 Å². The van der Waals surface area contributed by atoms with Crippen molar-refractivity contribution in [2.75, 3.05) is 6.54 Å². The molecule has 1 amide bonds. The zero-order valence-corrected chi connectivity index (χ0v) is 12.7. The van der Waals surface area contributed by atoms with Crippen molar-refractivity contribution >= 4 is 29.1 Å². The first-order valence-electron chi connectivity index (χ1n) is 6.70. The van der Waals surface area contributed by atoms with Crippen molar-refractivity contribution in [3.63, 3.8) is 0 Å². The Hall–Kier alpha value is -1.65. The fraction of sp³-hybridized carbons (Fsp3) is 0.267. The molecule has 1 aromatic carbocycles. The summed E-state index contributed by atoms with van der Waals surface area (Å²) in [6, 6.07) is 7.60. The van der Waals surface area contributed by atoms with Crippen molar-refractivity contribution in [1.82, 2.24) is 14.9 Å². The number of benzene rings is 1. The molecule has 0 spiro atoms. The Bertz CT molecular complexity index is 677. The number of nitrogens with zero attached hydrogens (tertiary/aromatic N) is 3. The molecule has 4 nitrogen and oxygen atoms in total. The molecule has 1 unspecified atom stereocenters. The van der Waals surface area contributed by atoms with Crippen molar-refractivity contribution < 1.29 is 4.79 Å². The van der Waals surface area contributed by atoms with Gasteiger partial charge in [0.15, 0.2) is 0 Å². The second kappa shape index (κ2) is 6.00. The average molecular weight is 322 g/mol. The van der Waals surface area contributed by atoms with E-state index in [1.807, 2.05) is 24.3 Å². The summed E-state index contributed by atoms with van der Waals surface area (Å²) in [5.74, 6) is -0.160. The summed E-state index contributed by atoms with van der Waals surface area (Å²) in [4.78, 5) is 22.4. The standard InChI is InChI=1S/C15H13Cl2N3O/c16-11-5-2-1-4-10(11)13-6-3-7-20(13)15(21)12-8-18-9-14(17)19-12/h1-2,4-5,8-9,13H,3,6-7H2. The fourth-order valence-electron chi connectivity index (χ4n) is 2.67. The molecule has 1 fully saturated rings. The Morgan fingerprint density at radius 3 is 2.81 bits per heavy atom. The van der Waals surface area contributed by atoms with Crippen molar-refractivity contribution in [3.05, 3.63) is 58.1 Å². The Kier molecular flexibility index (Phi) is 4.08. The van der Waals surface area contributed by atoms with Gasteiger partial charge in [-0.05, 0) is 24.5 Å². The van der Waals surface area contributed by atoms with E-state index in [2.05, 4.69) is 9.97 Å². The van der Waals surface area contributed by atoms with Crippen LogP contribution in [0.2, 0.25) is 10.2 Å². The molecule has 0 radical (unpaired) electrons. The number of carbonyl (C=O) groups is 1. The van der Waals surface area contributed by atoms with Gasteiger partial charge in [0.25, 0.3) is 5.91 Å². The summed E-state index contributed by atoms with van der Waals surface area (Å²) < 4.78 is 0. The second-order valence-corrected chi connectivity index (χ2v) is 5.70. The maximum Gasteiger partial charge on any atom is 0.274 e. The topological polar surface area (TPSA) is 46.1 Å². The van der Waals surface area contributed by atoms with E-state index in [-0.39, 0.29) is 22.8 Å². The largest absolute Gasteiger partial charge is 0.330 e. The molecule has 1 aliphatic heterocycles. The lowest BCUT2D eigenvalue weighted by Crippen LogP contribution is -2.31. The van der Waals surface area contributed by atoms with E-state index in [9.17, 15) is 4.79 Å². The highest BCUT2D eigenvalue weighted by Crippen LogP contribution is 2.36. The first-order chi connectivity index (χ1) is 10.2. The first-order valence-corrected chi connectivity index (χ1v) is 7.45. The van der Waals surface area contributed by atoms with Crippen LogP contribution in [0.5, 0.6) is 0 Å². The summed E-state index contributed by atoms with van der Waals surface area (Å²) >= 11 is 12.1. The van der Waals surface area contributed by atoms with Crippen LogP contribution >= 0.6 is 23.2 Å². The van der Waals surface area contributed by atoms with E-state index < -0.39 is 0 Å². The molecular formula is C15H13Cl2N3O. The number of halogens is 2. The van der Waals surface area contributed by atoms with Gasteiger partial charge in [-0.15, -0.1) is 0 Å². The van der Waals surface area contributed by atoms with Crippen molar-refractivity contribution in [3.8, 4) is 0 Å². The summed E-state index contributed by atoms with van der Waals surface area (Å²) in [7, 11) is 0. The van der Waals surface area contributed by atoms with Crippen LogP contribution in [-0.4, -0.2) is 27.3 Å². The Morgan fingerprint density at radius 2 is 2.05 bits per heavy atom. The molecule has 1 atom stereocenters. The maximum atomic E-state index is 12.6. The predicted molar refractivity (Wildman–Crippen MR) is 81.5 cm³/mol. The Morgan fingerprint density at radius 1 is 1.24 bits per heavy atom. The molecule has 1 aromatic heterocycles. The van der Waals surface area contributed by atoms with Gasteiger partial charge in [-0.2, -0.15) is 0 Å². The molecule has 3 rings (SSSR count). The molecule has 108 valence electrons. The van der Waals surface area contributed by atoms with Crippen molar-refractivity contribution in [2.24, 2.45) is 0 Å². The van der Waals surface area contributed by atoms with Gasteiger partial charge >= 0.3 is 0 Å². The lowest BCUT2D eigenvalue weighted by atomic mass is 10.0. The van der Waals surface area contributed by atoms with Gasteiger partial charge in [0.1, 0.15) is 10.8 Å². The second-order valence-electron chi connectivity index (χ2n) is 4.91. The Balaban J connectivity index is 1.91. The molecule has 2 heterocycles. The first kappa shape index (κ1) is 14.3. The highest BCUT2D eigenvalue weighted by Gasteiger charge is 2.32. The monoisotopic (exact) mass is 321 g/mol. The van der Waals surface area contributed by atoms with E-state index in [0.717, 1.165) is 18.4 Å². The van der Waals surface area contributed by atoms with Gasteiger partial charge in [0, 0.05) is 11.6 Å². The molecule has 0 saturated carbocycles. The highest BCUT2D eigenvalue weighted by molar-refractivity contribution is 6.31. The van der Waals surface area contributed by atoms with Gasteiger partial charge in [-0.25, -0.2) is 4.98 Å². The minimum atomic E-state index is -0.160. The number of rotatable bonds is 2. The van der Waals surface area contributed by atoms with Crippen LogP contribution in [0.25, 0.3) is 0 Å². The van der Waals surface area contributed by atoms with Crippen LogP contribution in [0.1, 0.15) is 34.9 Å². The minimum absolute atomic E-state index is 0.0213. The molecule has 1 aliphatic rings. The number of hydrogen-bond donors (Lipinski definition) is 0. The van der Waals surface area contributed by atoms with Crippen LogP contribution in [0.4, 0.5) is 0 Å². The third kappa shape index (κ3) is 2.87. The lowest BCUT2D eigenvalue weighted by Gasteiger charge is -2.25. The molecule has 1 saturated heterocycles. The molecule has 0 N–H and O–H groups in total. The highest BCUT2D eigenvalue weighted by atomic mass is 35.5. The Labute approximate surface area is 132 Å². The van der Waals surface area contributed by atoms with Crippen LogP contribution < -0.4 is 0 Å². The molecular weight excluding hydrogens is 309 g/mol. The average Bonchev–Trinajstić information content (AvgIpc) is 2.96. The number of amides is 1. The van der Waals surface area contributed by atoms with E-state index >= 15 is 0 Å². The number of likely N-dealkylation sites (tertiary alicyclic amines) is 1. The summed E-state index contributed by atoms with van der Waals surface area (Å²) in [5.41, 5.74) is 1.24. The summed E-state index contributed by atoms with van der Waals surface area (Å²) in [6.07, 6.45) is 4.68. The van der Waals surface area contributed by atoms with E-state index in [1.54, 1.807) is 4.90 Å². The summed E-state index contributed by atoms with van der Waals surface area (Å²) in [6.45, 7) is 0.683. The van der Waals surface area contributed by atoms with Crippen LogP contribution in [0, 0.1) is 0 Å². The number of hydrogen-bond acceptors (Lipinski definition) is 3. The third-order valence-corrected chi connectivity index (χ3v) is 4.13. The van der Waals surface area contributed by atoms with Crippen molar-refractivity contribution in [2.45, 2.75) is 18.9 Å². The zero-order chi connectivity index (χ0) is 14.8. The van der Waals surface area contributed by atoms with Gasteiger partial charge in [0.05, 0.1) is 18.4 Å². The number of carbonyl (C=O) groups excluding carboxylic acids is 1. The van der Waals surface area contributed by atoms with Gasteiger partial charge in [0.2, 0.25) is 0 Å². The predicted octanol–water partition coefficient (Wildman–Crippen LogP) is 3.76. The van der Waals surface area contributed by atoms with E-state index in [4.69, 9.17) is 23.2 Å². The smallest absolute Gasteiger partial charge is 0.274 e. The lowest BCUT2D eigenvalue weighted by molar-refractivity contribution is 0.0729. The van der Waals surface area contributed by atoms with Gasteiger partial charge < -0.3 is 4.90 Å². The van der Waals surface area contributed by atoms with E-state index in [0.29, 0.717) is 11.6 Å². The maximum absolute atomic E-state index is 12.6. The third-order valence-electron chi connectivity index (χ3n) is 3.60.